The largest absolute Gasteiger partial charge is 0.455 e. The first-order chi connectivity index (χ1) is 16.8. The Bertz CT molecular complexity index is 1000. The molecule has 0 N–H and O–H groups in total. The van der Waals surface area contributed by atoms with E-state index >= 15 is 0 Å². The molecule has 9 heteroatoms. The maximum absolute atomic E-state index is 13.3. The molecular formula is C27H39N3O6. The van der Waals surface area contributed by atoms with E-state index in [0.29, 0.717) is 37.7 Å². The SMILES string of the molecule is C=O.CC(C)(C)OC(=O)C1=C(/C=C2\CCN(C3CC3)C2=O)CC2CN(C(=O)OC(C)(C)C)C3CN1[C@H]23. The van der Waals surface area contributed by atoms with E-state index < -0.39 is 11.2 Å². The van der Waals surface area contributed by atoms with Crippen LogP contribution >= 0.6 is 0 Å². The predicted octanol–water partition coefficient (Wildman–Crippen LogP) is 3.04. The third-order valence-corrected chi connectivity index (χ3v) is 7.24. The number of ether oxygens (including phenoxy) is 2. The smallest absolute Gasteiger partial charge is 0.410 e. The minimum absolute atomic E-state index is 0.0324. The monoisotopic (exact) mass is 501 g/mol. The molecule has 5 rings (SSSR count). The zero-order valence-corrected chi connectivity index (χ0v) is 22.3. The molecule has 4 heterocycles. The molecule has 36 heavy (non-hydrogen) atoms. The fourth-order valence-corrected chi connectivity index (χ4v) is 5.78. The molecule has 0 radical (unpaired) electrons. The molecule has 0 aromatic heterocycles. The van der Waals surface area contributed by atoms with E-state index in [9.17, 15) is 14.4 Å². The summed E-state index contributed by atoms with van der Waals surface area (Å²) in [4.78, 5) is 53.1. The van der Waals surface area contributed by atoms with Crippen molar-refractivity contribution in [3.63, 3.8) is 0 Å². The molecular weight excluding hydrogens is 462 g/mol. The van der Waals surface area contributed by atoms with Crippen molar-refractivity contribution in [1.82, 2.24) is 14.7 Å². The highest BCUT2D eigenvalue weighted by Crippen LogP contribution is 2.48. The van der Waals surface area contributed by atoms with Gasteiger partial charge in [0.05, 0.1) is 12.1 Å². The zero-order valence-electron chi connectivity index (χ0n) is 22.3. The summed E-state index contributed by atoms with van der Waals surface area (Å²) in [6.07, 6.45) is 5.18. The summed E-state index contributed by atoms with van der Waals surface area (Å²) in [7, 11) is 0. The van der Waals surface area contributed by atoms with Crippen molar-refractivity contribution < 1.29 is 28.7 Å². The Morgan fingerprint density at radius 2 is 1.61 bits per heavy atom. The molecule has 2 amide bonds. The van der Waals surface area contributed by atoms with Gasteiger partial charge in [0.1, 0.15) is 23.7 Å². The maximum atomic E-state index is 13.3. The van der Waals surface area contributed by atoms with Crippen molar-refractivity contribution in [3.8, 4) is 0 Å². The van der Waals surface area contributed by atoms with Gasteiger partial charge >= 0.3 is 12.1 Å². The molecule has 2 unspecified atom stereocenters. The minimum atomic E-state index is -0.617. The molecule has 3 saturated heterocycles. The van der Waals surface area contributed by atoms with Crippen molar-refractivity contribution in [1.29, 1.82) is 0 Å². The number of rotatable bonds is 3. The average Bonchev–Trinajstić information content (AvgIpc) is 3.43. The quantitative estimate of drug-likeness (QED) is 0.433. The van der Waals surface area contributed by atoms with Crippen molar-refractivity contribution in [2.75, 3.05) is 19.6 Å². The lowest BCUT2D eigenvalue weighted by atomic mass is 9.79. The van der Waals surface area contributed by atoms with Crippen LogP contribution in [0.15, 0.2) is 22.9 Å². The summed E-state index contributed by atoms with van der Waals surface area (Å²) in [5.74, 6) is -0.0549. The number of carbonyl (C=O) groups is 4. The van der Waals surface area contributed by atoms with Crippen LogP contribution in [0.5, 0.6) is 0 Å². The van der Waals surface area contributed by atoms with Gasteiger partial charge < -0.3 is 29.0 Å². The van der Waals surface area contributed by atoms with Gasteiger partial charge in [0, 0.05) is 37.2 Å². The molecule has 0 aromatic carbocycles. The van der Waals surface area contributed by atoms with Gasteiger partial charge in [-0.2, -0.15) is 0 Å². The van der Waals surface area contributed by atoms with E-state index in [0.717, 1.165) is 30.5 Å². The fraction of sp³-hybridized carbons (Fsp3) is 0.704. The number of amides is 2. The molecule has 5 aliphatic rings. The molecule has 4 aliphatic heterocycles. The molecule has 1 saturated carbocycles. The van der Waals surface area contributed by atoms with Crippen molar-refractivity contribution in [3.05, 3.63) is 22.9 Å². The van der Waals surface area contributed by atoms with Gasteiger partial charge in [0.25, 0.3) is 0 Å². The van der Waals surface area contributed by atoms with Gasteiger partial charge in [0.2, 0.25) is 5.91 Å². The van der Waals surface area contributed by atoms with Crippen molar-refractivity contribution in [2.24, 2.45) is 5.92 Å². The Kier molecular flexibility index (Phi) is 6.73. The predicted molar refractivity (Wildman–Crippen MR) is 133 cm³/mol. The van der Waals surface area contributed by atoms with E-state index in [-0.39, 0.29) is 36.0 Å². The van der Waals surface area contributed by atoms with Gasteiger partial charge in [-0.25, -0.2) is 9.59 Å². The van der Waals surface area contributed by atoms with Crippen LogP contribution in [0.2, 0.25) is 0 Å². The second-order valence-corrected chi connectivity index (χ2v) is 12.3. The van der Waals surface area contributed by atoms with Crippen LogP contribution in [0.25, 0.3) is 0 Å². The normalized spacial score (nSPS) is 28.5. The molecule has 0 bridgehead atoms. The van der Waals surface area contributed by atoms with Gasteiger partial charge in [0.15, 0.2) is 0 Å². The second-order valence-electron chi connectivity index (χ2n) is 12.3. The number of hydrogen-bond acceptors (Lipinski definition) is 7. The number of hydrogen-bond donors (Lipinski definition) is 0. The number of allylic oxidation sites excluding steroid dienone is 2. The van der Waals surface area contributed by atoms with Crippen LogP contribution in [0.1, 0.15) is 67.2 Å². The van der Waals surface area contributed by atoms with E-state index in [1.165, 1.54) is 0 Å². The van der Waals surface area contributed by atoms with Crippen molar-refractivity contribution in [2.45, 2.75) is 96.6 Å². The highest BCUT2D eigenvalue weighted by molar-refractivity contribution is 5.97. The number of likely N-dealkylation sites (tertiary alicyclic amines) is 2. The molecule has 0 aromatic rings. The van der Waals surface area contributed by atoms with E-state index in [2.05, 4.69) is 4.90 Å². The topological polar surface area (TPSA) is 96.5 Å². The van der Waals surface area contributed by atoms with Crippen LogP contribution in [0.3, 0.4) is 0 Å². The summed E-state index contributed by atoms with van der Waals surface area (Å²) in [6, 6.07) is 0.506. The van der Waals surface area contributed by atoms with Crippen LogP contribution in [0.4, 0.5) is 4.79 Å². The van der Waals surface area contributed by atoms with Gasteiger partial charge in [-0.3, -0.25) is 4.79 Å². The Morgan fingerprint density at radius 1 is 0.972 bits per heavy atom. The lowest BCUT2D eigenvalue weighted by molar-refractivity contribution is -0.154. The summed E-state index contributed by atoms with van der Waals surface area (Å²) in [5.41, 5.74) is 1.03. The Morgan fingerprint density at radius 3 is 2.19 bits per heavy atom. The van der Waals surface area contributed by atoms with Crippen molar-refractivity contribution >= 4 is 24.8 Å². The lowest BCUT2D eigenvalue weighted by Crippen LogP contribution is -2.65. The number of esters is 1. The maximum Gasteiger partial charge on any atom is 0.410 e. The average molecular weight is 502 g/mol. The third kappa shape index (κ3) is 5.02. The highest BCUT2D eigenvalue weighted by Gasteiger charge is 2.59. The first kappa shape index (κ1) is 26.2. The van der Waals surface area contributed by atoms with E-state index in [4.69, 9.17) is 14.3 Å². The lowest BCUT2D eigenvalue weighted by Gasteiger charge is -2.52. The third-order valence-electron chi connectivity index (χ3n) is 7.24. The zero-order chi connectivity index (χ0) is 26.6. The number of carbonyl (C=O) groups excluding carboxylic acids is 4. The molecule has 1 aliphatic carbocycles. The number of nitrogens with zero attached hydrogens (tertiary/aromatic N) is 3. The molecule has 0 spiro atoms. The van der Waals surface area contributed by atoms with E-state index in [1.807, 2.05) is 64.2 Å². The van der Waals surface area contributed by atoms with Gasteiger partial charge in [-0.1, -0.05) is 0 Å². The van der Waals surface area contributed by atoms with Crippen LogP contribution in [-0.2, 0) is 23.9 Å². The summed E-state index contributed by atoms with van der Waals surface area (Å²) < 4.78 is 11.4. The van der Waals surface area contributed by atoms with Gasteiger partial charge in [-0.05, 0) is 78.9 Å². The van der Waals surface area contributed by atoms with E-state index in [1.54, 1.807) is 0 Å². The molecule has 198 valence electrons. The first-order valence-electron chi connectivity index (χ1n) is 12.9. The Balaban J connectivity index is 0.00000148. The van der Waals surface area contributed by atoms with Gasteiger partial charge in [-0.15, -0.1) is 0 Å². The highest BCUT2D eigenvalue weighted by atomic mass is 16.6. The molecule has 9 nitrogen and oxygen atoms in total. The Hall–Kier alpha value is -2.84. The van der Waals surface area contributed by atoms with Crippen LogP contribution in [0, 0.1) is 5.92 Å². The van der Waals surface area contributed by atoms with Crippen LogP contribution < -0.4 is 0 Å². The molecule has 4 fully saturated rings. The Labute approximate surface area is 213 Å². The summed E-state index contributed by atoms with van der Waals surface area (Å²) in [5, 5.41) is 0. The van der Waals surface area contributed by atoms with Crippen LogP contribution in [-0.4, -0.2) is 88.4 Å². The first-order valence-corrected chi connectivity index (χ1v) is 12.9. The fourth-order valence-electron chi connectivity index (χ4n) is 5.78. The second kappa shape index (κ2) is 9.23. The standard InChI is InChI=1S/C26H37N3O5.CH2O/c1-25(2,3)33-23(31)21-16(11-15-9-10-27(22(15)30)18-7-8-18)12-17-13-28(19-14-29(21)20(17)19)24(32)34-26(4,5)6;1-2/h11,17-20H,7-10,12-14H2,1-6H3;1H2/b15-11+;/t17?,19?,20-;/m1./s1. The summed E-state index contributed by atoms with van der Waals surface area (Å²) in [6.45, 7) is 15.1. The molecule has 3 atom stereocenters. The minimum Gasteiger partial charge on any atom is -0.455 e. The summed E-state index contributed by atoms with van der Waals surface area (Å²) >= 11 is 0.